The topological polar surface area (TPSA) is 163 Å². The Hall–Kier alpha value is -3.28. The molecule has 11 nitrogen and oxygen atoms in total. The molecule has 2 heterocycles. The Bertz CT molecular complexity index is 1190. The lowest BCUT2D eigenvalue weighted by Crippen LogP contribution is -2.49. The van der Waals surface area contributed by atoms with Crippen LogP contribution in [0.1, 0.15) is 56.7 Å². The number of aromatic nitrogens is 2. The van der Waals surface area contributed by atoms with E-state index >= 15 is 0 Å². The Balaban J connectivity index is 1.34. The van der Waals surface area contributed by atoms with E-state index < -0.39 is 47.7 Å². The summed E-state index contributed by atoms with van der Waals surface area (Å²) in [4.78, 5) is 51.4. The normalized spacial score (nSPS) is 24.6. The monoisotopic (exact) mass is 528 g/mol. The third-order valence-electron chi connectivity index (χ3n) is 7.34. The summed E-state index contributed by atoms with van der Waals surface area (Å²) in [6.45, 7) is 0.589. The number of aliphatic hydroxyl groups excluding tert-OH is 2. The van der Waals surface area contributed by atoms with Crippen molar-refractivity contribution >= 4 is 11.8 Å². The van der Waals surface area contributed by atoms with Gasteiger partial charge in [-0.15, -0.1) is 0 Å². The molecule has 38 heavy (non-hydrogen) atoms. The van der Waals surface area contributed by atoms with Gasteiger partial charge in [0.25, 0.3) is 5.56 Å². The number of rotatable bonds is 10. The molecule has 1 saturated carbocycles. The van der Waals surface area contributed by atoms with E-state index in [9.17, 15) is 29.4 Å². The summed E-state index contributed by atoms with van der Waals surface area (Å²) in [5, 5.41) is 26.7. The Labute approximate surface area is 220 Å². The van der Waals surface area contributed by atoms with Gasteiger partial charge in [-0.25, -0.2) is 4.79 Å². The Morgan fingerprint density at radius 2 is 1.79 bits per heavy atom. The highest BCUT2D eigenvalue weighted by atomic mass is 16.6. The molecular weight excluding hydrogens is 492 g/mol. The molecule has 206 valence electrons. The number of amides is 2. The number of nitrogens with one attached hydrogen (secondary N) is 3. The zero-order valence-corrected chi connectivity index (χ0v) is 21.3. The smallest absolute Gasteiger partial charge is 0.330 e. The van der Waals surface area contributed by atoms with E-state index in [1.807, 2.05) is 30.3 Å². The lowest BCUT2D eigenvalue weighted by atomic mass is 9.89. The molecule has 11 heteroatoms. The number of aromatic amines is 1. The average molecular weight is 529 g/mol. The van der Waals surface area contributed by atoms with Crippen molar-refractivity contribution in [1.29, 1.82) is 0 Å². The van der Waals surface area contributed by atoms with Crippen LogP contribution in [0.15, 0.2) is 52.2 Å². The van der Waals surface area contributed by atoms with Crippen LogP contribution in [0.25, 0.3) is 0 Å². The number of ether oxygens (including phenoxy) is 1. The van der Waals surface area contributed by atoms with E-state index in [-0.39, 0.29) is 18.7 Å². The summed E-state index contributed by atoms with van der Waals surface area (Å²) < 4.78 is 6.67. The number of aliphatic hydroxyl groups is 2. The van der Waals surface area contributed by atoms with Gasteiger partial charge in [-0.2, -0.15) is 0 Å². The van der Waals surface area contributed by atoms with Crippen molar-refractivity contribution < 1.29 is 24.5 Å². The summed E-state index contributed by atoms with van der Waals surface area (Å²) in [6, 6.07) is 9.78. The second kappa shape index (κ2) is 13.0. The number of benzene rings is 1. The maximum absolute atomic E-state index is 13.1. The number of nitrogens with zero attached hydrogens (tertiary/aromatic N) is 1. The molecule has 0 bridgehead atoms. The minimum Gasteiger partial charge on any atom is -0.388 e. The summed E-state index contributed by atoms with van der Waals surface area (Å²) in [5.41, 5.74) is -0.465. The van der Waals surface area contributed by atoms with Crippen LogP contribution in [-0.2, 0) is 20.7 Å². The van der Waals surface area contributed by atoms with Crippen molar-refractivity contribution in [2.75, 3.05) is 6.54 Å². The van der Waals surface area contributed by atoms with Crippen molar-refractivity contribution in [3.05, 3.63) is 69.0 Å². The first-order chi connectivity index (χ1) is 18.3. The number of carbonyl (C=O) groups excluding carboxylic acids is 2. The van der Waals surface area contributed by atoms with Gasteiger partial charge in [0.1, 0.15) is 18.2 Å². The molecule has 5 N–H and O–H groups in total. The van der Waals surface area contributed by atoms with Crippen molar-refractivity contribution in [2.24, 2.45) is 5.92 Å². The highest BCUT2D eigenvalue weighted by Gasteiger charge is 2.44. The predicted octanol–water partition coefficient (Wildman–Crippen LogP) is 0.360. The van der Waals surface area contributed by atoms with Crippen LogP contribution in [0.4, 0.5) is 0 Å². The Morgan fingerprint density at radius 3 is 2.50 bits per heavy atom. The maximum atomic E-state index is 13.1. The summed E-state index contributed by atoms with van der Waals surface area (Å²) in [5.74, 6) is -0.178. The van der Waals surface area contributed by atoms with Crippen LogP contribution in [0, 0.1) is 5.92 Å². The van der Waals surface area contributed by atoms with Crippen molar-refractivity contribution in [2.45, 2.75) is 81.9 Å². The van der Waals surface area contributed by atoms with Crippen LogP contribution in [-0.4, -0.2) is 62.5 Å². The SMILES string of the molecule is O=C(CC[C@H]1O[C@@H](n2ccc(=O)[nH]c2=O)[C@H](O)[C@@H]1O)N[C@H](Cc1ccccc1)C(=O)NCC1CCCCC1. The molecule has 1 aromatic heterocycles. The van der Waals surface area contributed by atoms with Gasteiger partial charge in [-0.1, -0.05) is 49.6 Å². The summed E-state index contributed by atoms with van der Waals surface area (Å²) in [7, 11) is 0. The Kier molecular flexibility index (Phi) is 9.48. The zero-order valence-electron chi connectivity index (χ0n) is 21.3. The fourth-order valence-electron chi connectivity index (χ4n) is 5.18. The highest BCUT2D eigenvalue weighted by molar-refractivity contribution is 5.87. The third-order valence-corrected chi connectivity index (χ3v) is 7.34. The van der Waals surface area contributed by atoms with E-state index in [1.165, 1.54) is 25.5 Å². The second-order valence-electron chi connectivity index (χ2n) is 10.2. The van der Waals surface area contributed by atoms with Crippen molar-refractivity contribution in [1.82, 2.24) is 20.2 Å². The molecule has 0 radical (unpaired) electrons. The minimum absolute atomic E-state index is 0.0560. The second-order valence-corrected chi connectivity index (χ2v) is 10.2. The molecular formula is C27H36N4O7. The van der Waals surface area contributed by atoms with Crippen LogP contribution < -0.4 is 21.9 Å². The van der Waals surface area contributed by atoms with E-state index in [0.29, 0.717) is 18.9 Å². The molecule has 2 fully saturated rings. The fraction of sp³-hybridized carbons (Fsp3) is 0.556. The summed E-state index contributed by atoms with van der Waals surface area (Å²) in [6.07, 6.45) is 2.37. The van der Waals surface area contributed by atoms with Crippen LogP contribution >= 0.6 is 0 Å². The van der Waals surface area contributed by atoms with Crippen LogP contribution in [0.5, 0.6) is 0 Å². The quantitative estimate of drug-likeness (QED) is 0.297. The standard InChI is InChI=1S/C27H36N4O7/c32-21(12-11-20-23(34)24(35)26(38-20)31-14-13-22(33)30-27(31)37)29-19(15-17-7-3-1-4-8-17)25(36)28-16-18-9-5-2-6-10-18/h1,3-4,7-8,13-14,18-20,23-24,26,34-35H,2,5-6,9-12,15-16H2,(H,28,36)(H,29,32)(H,30,33,37)/t19-,20-,23-,24-,26-/m1/s1. The highest BCUT2D eigenvalue weighted by Crippen LogP contribution is 2.30. The molecule has 1 aromatic carbocycles. The van der Waals surface area contributed by atoms with Gasteiger partial charge < -0.3 is 25.6 Å². The van der Waals surface area contributed by atoms with E-state index in [4.69, 9.17) is 4.74 Å². The van der Waals surface area contributed by atoms with Gasteiger partial charge in [0, 0.05) is 31.6 Å². The van der Waals surface area contributed by atoms with Gasteiger partial charge in [0.15, 0.2) is 6.23 Å². The average Bonchev–Trinajstić information content (AvgIpc) is 3.20. The fourth-order valence-corrected chi connectivity index (χ4v) is 5.18. The molecule has 1 aliphatic heterocycles. The molecule has 1 aliphatic carbocycles. The van der Waals surface area contributed by atoms with Gasteiger partial charge in [0.2, 0.25) is 11.8 Å². The number of hydrogen-bond donors (Lipinski definition) is 5. The first-order valence-electron chi connectivity index (χ1n) is 13.3. The largest absolute Gasteiger partial charge is 0.388 e. The van der Waals surface area contributed by atoms with Crippen LogP contribution in [0.3, 0.4) is 0 Å². The predicted molar refractivity (Wildman–Crippen MR) is 138 cm³/mol. The van der Waals surface area contributed by atoms with E-state index in [2.05, 4.69) is 15.6 Å². The van der Waals surface area contributed by atoms with Crippen molar-refractivity contribution in [3.63, 3.8) is 0 Å². The van der Waals surface area contributed by atoms with Gasteiger partial charge in [-0.3, -0.25) is 23.9 Å². The molecule has 4 rings (SSSR count). The molecule has 2 aromatic rings. The third kappa shape index (κ3) is 7.18. The minimum atomic E-state index is -1.43. The van der Waals surface area contributed by atoms with Crippen molar-refractivity contribution in [3.8, 4) is 0 Å². The lowest BCUT2D eigenvalue weighted by Gasteiger charge is -2.24. The number of hydrogen-bond acceptors (Lipinski definition) is 7. The zero-order chi connectivity index (χ0) is 27.1. The molecule has 1 saturated heterocycles. The van der Waals surface area contributed by atoms with Gasteiger partial charge >= 0.3 is 5.69 Å². The molecule has 5 atom stereocenters. The van der Waals surface area contributed by atoms with Gasteiger partial charge in [0.05, 0.1) is 6.10 Å². The van der Waals surface area contributed by atoms with Gasteiger partial charge in [-0.05, 0) is 30.7 Å². The van der Waals surface area contributed by atoms with E-state index in [1.54, 1.807) is 0 Å². The maximum Gasteiger partial charge on any atom is 0.330 e. The van der Waals surface area contributed by atoms with Crippen LogP contribution in [0.2, 0.25) is 0 Å². The summed E-state index contributed by atoms with van der Waals surface area (Å²) >= 11 is 0. The number of carbonyl (C=O) groups is 2. The lowest BCUT2D eigenvalue weighted by molar-refractivity contribution is -0.129. The van der Waals surface area contributed by atoms with E-state index in [0.717, 1.165) is 29.0 Å². The first kappa shape index (κ1) is 27.7. The molecule has 0 spiro atoms. The first-order valence-corrected chi connectivity index (χ1v) is 13.3. The number of H-pyrrole nitrogens is 1. The Morgan fingerprint density at radius 1 is 1.05 bits per heavy atom. The molecule has 2 amide bonds. The molecule has 2 aliphatic rings. The molecule has 0 unspecified atom stereocenters.